The summed E-state index contributed by atoms with van der Waals surface area (Å²) in [4.78, 5) is 28.2. The van der Waals surface area contributed by atoms with Gasteiger partial charge in [0.1, 0.15) is 18.1 Å². The summed E-state index contributed by atoms with van der Waals surface area (Å²) in [6.07, 6.45) is 2.37. The molecule has 1 unspecified atom stereocenters. The van der Waals surface area contributed by atoms with E-state index in [2.05, 4.69) is 4.99 Å². The van der Waals surface area contributed by atoms with Crippen molar-refractivity contribution >= 4 is 24.0 Å². The first kappa shape index (κ1) is 15.7. The molecule has 0 bridgehead atoms. The van der Waals surface area contributed by atoms with Crippen LogP contribution in [0.3, 0.4) is 0 Å². The Hall–Kier alpha value is -3.22. The van der Waals surface area contributed by atoms with Gasteiger partial charge < -0.3 is 14.4 Å². The van der Waals surface area contributed by atoms with Gasteiger partial charge in [-0.15, -0.1) is 0 Å². The number of aliphatic imine (C=N–C) groups is 1. The lowest BCUT2D eigenvalue weighted by atomic mass is 10.0. The number of benzene rings is 2. The molecule has 0 fully saturated rings. The molecule has 3 rings (SSSR count). The van der Waals surface area contributed by atoms with Gasteiger partial charge >= 0.3 is 0 Å². The molecule has 2 aromatic carbocycles. The van der Waals surface area contributed by atoms with Crippen molar-refractivity contribution in [3.05, 3.63) is 63.7 Å². The summed E-state index contributed by atoms with van der Waals surface area (Å²) in [5, 5.41) is 11.0. The quantitative estimate of drug-likeness (QED) is 0.479. The van der Waals surface area contributed by atoms with E-state index >= 15 is 0 Å². The minimum Gasteiger partial charge on any atom is -0.497 e. The van der Waals surface area contributed by atoms with Gasteiger partial charge in [0.05, 0.1) is 24.1 Å². The summed E-state index contributed by atoms with van der Waals surface area (Å²) >= 11 is 0. The van der Waals surface area contributed by atoms with Crippen molar-refractivity contribution in [1.82, 2.24) is 4.90 Å². The number of nitro benzene ring substituents is 1. The molecule has 2 aromatic rings. The molecular weight excluding hydrogens is 310 g/mol. The number of hydrogen-bond acceptors (Lipinski definition) is 6. The minimum absolute atomic E-state index is 0.0536. The molecular formula is C17H15N3O4. The van der Waals surface area contributed by atoms with Gasteiger partial charge in [-0.2, -0.15) is 0 Å². The molecule has 0 N–H and O–H groups in total. The lowest BCUT2D eigenvalue weighted by Crippen LogP contribution is -2.30. The Morgan fingerprint density at radius 1 is 1.29 bits per heavy atom. The van der Waals surface area contributed by atoms with Crippen LogP contribution in [0.5, 0.6) is 5.75 Å². The Morgan fingerprint density at radius 2 is 2.04 bits per heavy atom. The predicted octanol–water partition coefficient (Wildman–Crippen LogP) is 3.02. The van der Waals surface area contributed by atoms with E-state index in [0.29, 0.717) is 17.8 Å². The van der Waals surface area contributed by atoms with Crippen LogP contribution in [0, 0.1) is 10.1 Å². The SMILES string of the molecule is COc1ccc(CN2C=Nc3ccc([N+](=O)[O-])cc3C2C=O)cc1. The molecule has 1 aliphatic rings. The lowest BCUT2D eigenvalue weighted by molar-refractivity contribution is -0.384. The smallest absolute Gasteiger partial charge is 0.269 e. The second-order valence-corrected chi connectivity index (χ2v) is 5.35. The standard InChI is InChI=1S/C17H15N3O4/c1-24-14-5-2-12(3-6-14)9-19-11-18-16-7-4-13(20(22)23)8-15(16)17(19)10-21/h2-8,10-11,17H,9H2,1H3. The van der Waals surface area contributed by atoms with Crippen LogP contribution in [0.25, 0.3) is 0 Å². The zero-order valence-electron chi connectivity index (χ0n) is 13.0. The molecule has 1 atom stereocenters. The number of ether oxygens (including phenoxy) is 1. The number of non-ortho nitro benzene ring substituents is 1. The predicted molar refractivity (Wildman–Crippen MR) is 88.6 cm³/mol. The molecule has 0 radical (unpaired) electrons. The minimum atomic E-state index is -0.612. The summed E-state index contributed by atoms with van der Waals surface area (Å²) in [6, 6.07) is 11.2. The van der Waals surface area contributed by atoms with Crippen LogP contribution < -0.4 is 4.74 Å². The van der Waals surface area contributed by atoms with Crippen molar-refractivity contribution < 1.29 is 14.5 Å². The van der Waals surface area contributed by atoms with Crippen molar-refractivity contribution in [1.29, 1.82) is 0 Å². The number of carbonyl (C=O) groups is 1. The highest BCUT2D eigenvalue weighted by Gasteiger charge is 2.26. The summed E-state index contributed by atoms with van der Waals surface area (Å²) in [6.45, 7) is 0.457. The van der Waals surface area contributed by atoms with E-state index in [1.807, 2.05) is 24.3 Å². The highest BCUT2D eigenvalue weighted by molar-refractivity contribution is 5.78. The third kappa shape index (κ3) is 2.96. The Bertz CT molecular complexity index is 802. The Labute approximate surface area is 138 Å². The van der Waals surface area contributed by atoms with E-state index < -0.39 is 11.0 Å². The zero-order chi connectivity index (χ0) is 17.1. The topological polar surface area (TPSA) is 85.0 Å². The third-order valence-corrected chi connectivity index (χ3v) is 3.90. The van der Waals surface area contributed by atoms with E-state index in [0.717, 1.165) is 17.6 Å². The van der Waals surface area contributed by atoms with Crippen molar-refractivity contribution in [2.24, 2.45) is 4.99 Å². The maximum absolute atomic E-state index is 11.6. The van der Waals surface area contributed by atoms with Crippen LogP contribution >= 0.6 is 0 Å². The van der Waals surface area contributed by atoms with Gasteiger partial charge in [-0.3, -0.25) is 10.1 Å². The average Bonchev–Trinajstić information content (AvgIpc) is 2.61. The third-order valence-electron chi connectivity index (χ3n) is 3.90. The number of methoxy groups -OCH3 is 1. The maximum Gasteiger partial charge on any atom is 0.269 e. The van der Waals surface area contributed by atoms with Crippen LogP contribution in [0.15, 0.2) is 47.5 Å². The van der Waals surface area contributed by atoms with Crippen molar-refractivity contribution in [2.45, 2.75) is 12.6 Å². The molecule has 7 heteroatoms. The number of aldehydes is 1. The van der Waals surface area contributed by atoms with Gasteiger partial charge in [-0.05, 0) is 23.8 Å². The Balaban J connectivity index is 1.89. The number of hydrogen-bond donors (Lipinski definition) is 0. The Morgan fingerprint density at radius 3 is 2.67 bits per heavy atom. The first-order chi connectivity index (χ1) is 11.6. The van der Waals surface area contributed by atoms with Gasteiger partial charge in [0.25, 0.3) is 5.69 Å². The van der Waals surface area contributed by atoms with Crippen molar-refractivity contribution in [3.8, 4) is 5.75 Å². The largest absolute Gasteiger partial charge is 0.497 e. The van der Waals surface area contributed by atoms with Gasteiger partial charge in [0.15, 0.2) is 0 Å². The van der Waals surface area contributed by atoms with E-state index in [1.54, 1.807) is 24.4 Å². The molecule has 122 valence electrons. The van der Waals surface area contributed by atoms with Crippen LogP contribution in [-0.2, 0) is 11.3 Å². The summed E-state index contributed by atoms with van der Waals surface area (Å²) in [5.41, 5.74) is 2.03. The summed E-state index contributed by atoms with van der Waals surface area (Å²) in [5.74, 6) is 0.749. The summed E-state index contributed by atoms with van der Waals surface area (Å²) < 4.78 is 5.12. The van der Waals surface area contributed by atoms with Crippen LogP contribution in [0.1, 0.15) is 17.2 Å². The van der Waals surface area contributed by atoms with Gasteiger partial charge in [0.2, 0.25) is 0 Å². The first-order valence-electron chi connectivity index (χ1n) is 7.29. The number of fused-ring (bicyclic) bond motifs is 1. The van der Waals surface area contributed by atoms with Crippen molar-refractivity contribution in [3.63, 3.8) is 0 Å². The van der Waals surface area contributed by atoms with Crippen LogP contribution in [0.2, 0.25) is 0 Å². The fraction of sp³-hybridized carbons (Fsp3) is 0.176. The second-order valence-electron chi connectivity index (χ2n) is 5.35. The molecule has 0 spiro atoms. The number of rotatable bonds is 5. The fourth-order valence-corrected chi connectivity index (χ4v) is 2.63. The average molecular weight is 325 g/mol. The number of carbonyl (C=O) groups excluding carboxylic acids is 1. The van der Waals surface area contributed by atoms with Gasteiger partial charge in [-0.25, -0.2) is 4.99 Å². The molecule has 7 nitrogen and oxygen atoms in total. The molecule has 0 saturated heterocycles. The van der Waals surface area contributed by atoms with Gasteiger partial charge in [-0.1, -0.05) is 12.1 Å². The van der Waals surface area contributed by atoms with Crippen molar-refractivity contribution in [2.75, 3.05) is 7.11 Å². The lowest BCUT2D eigenvalue weighted by Gasteiger charge is -2.30. The molecule has 24 heavy (non-hydrogen) atoms. The van der Waals surface area contributed by atoms with Gasteiger partial charge in [0, 0.05) is 24.2 Å². The fourth-order valence-electron chi connectivity index (χ4n) is 2.63. The molecule has 0 amide bonds. The number of nitrogens with zero attached hydrogens (tertiary/aromatic N) is 3. The van der Waals surface area contributed by atoms with Crippen LogP contribution in [-0.4, -0.2) is 29.6 Å². The molecule has 0 aromatic heterocycles. The molecule has 0 aliphatic carbocycles. The molecule has 1 aliphatic heterocycles. The summed E-state index contributed by atoms with van der Waals surface area (Å²) in [7, 11) is 1.60. The Kier molecular flexibility index (Phi) is 4.24. The second kappa shape index (κ2) is 6.49. The normalized spacial score (nSPS) is 15.7. The molecule has 1 heterocycles. The van der Waals surface area contributed by atoms with E-state index in [4.69, 9.17) is 4.74 Å². The monoisotopic (exact) mass is 325 g/mol. The van der Waals surface area contributed by atoms with E-state index in [-0.39, 0.29) is 5.69 Å². The zero-order valence-corrected chi connectivity index (χ0v) is 13.0. The highest BCUT2D eigenvalue weighted by atomic mass is 16.6. The first-order valence-corrected chi connectivity index (χ1v) is 7.29. The van der Waals surface area contributed by atoms with E-state index in [1.165, 1.54) is 12.1 Å². The van der Waals surface area contributed by atoms with E-state index in [9.17, 15) is 14.9 Å². The van der Waals surface area contributed by atoms with Crippen LogP contribution in [0.4, 0.5) is 11.4 Å². The molecule has 0 saturated carbocycles. The maximum atomic E-state index is 11.6. The number of nitro groups is 1. The highest BCUT2D eigenvalue weighted by Crippen LogP contribution is 2.35.